The first-order valence-electron chi connectivity index (χ1n) is 6.26. The molecule has 0 aliphatic carbocycles. The van der Waals surface area contributed by atoms with E-state index in [0.29, 0.717) is 11.0 Å². The van der Waals surface area contributed by atoms with Gasteiger partial charge in [0.1, 0.15) is 0 Å². The molecule has 1 aromatic heterocycles. The number of primary amides is 1. The summed E-state index contributed by atoms with van der Waals surface area (Å²) in [5, 5.41) is 0. The summed E-state index contributed by atoms with van der Waals surface area (Å²) in [4.78, 5) is 15.6. The Balaban J connectivity index is 2.44. The molecule has 2 rings (SSSR count). The number of nitrogens with two attached hydrogens (primary N) is 1. The maximum atomic E-state index is 11.5. The number of aromatic nitrogens is 1. The summed E-state index contributed by atoms with van der Waals surface area (Å²) in [7, 11) is -0.603. The van der Waals surface area contributed by atoms with Gasteiger partial charge in [0.2, 0.25) is 5.91 Å². The van der Waals surface area contributed by atoms with Gasteiger partial charge in [0.25, 0.3) is 0 Å². The Morgan fingerprint density at radius 2 is 1.79 bits per heavy atom. The van der Waals surface area contributed by atoms with Gasteiger partial charge >= 0.3 is 7.12 Å². The highest BCUT2D eigenvalue weighted by atomic mass is 16.7. The van der Waals surface area contributed by atoms with Crippen LogP contribution < -0.4 is 11.2 Å². The molecule has 0 bridgehead atoms. The normalized spacial score (nSPS) is 20.6. The van der Waals surface area contributed by atoms with Crippen LogP contribution in [0.15, 0.2) is 12.3 Å². The van der Waals surface area contributed by atoms with Crippen LogP contribution in [0.4, 0.5) is 0 Å². The first kappa shape index (κ1) is 14.0. The molecule has 0 saturated carbocycles. The maximum Gasteiger partial charge on any atom is 0.495 e. The lowest BCUT2D eigenvalue weighted by Crippen LogP contribution is -2.41. The van der Waals surface area contributed by atoms with Gasteiger partial charge in [-0.05, 0) is 46.1 Å². The van der Waals surface area contributed by atoms with Crippen LogP contribution in [-0.4, -0.2) is 29.2 Å². The molecule has 1 aliphatic heterocycles. The van der Waals surface area contributed by atoms with Gasteiger partial charge < -0.3 is 15.0 Å². The summed E-state index contributed by atoms with van der Waals surface area (Å²) in [6, 6.07) is 1.78. The smallest absolute Gasteiger partial charge is 0.399 e. The number of pyridine rings is 1. The highest BCUT2D eigenvalue weighted by Gasteiger charge is 2.52. The van der Waals surface area contributed by atoms with E-state index in [1.54, 1.807) is 6.07 Å². The van der Waals surface area contributed by atoms with Gasteiger partial charge in [0, 0.05) is 11.9 Å². The standard InChI is InChI=1S/C13H19BN2O3/c1-8-6-10(9(7-16-8)11(15)17)14-18-12(2,3)13(4,5)19-14/h6-7H,1-5H3,(H2,15,17). The average Bonchev–Trinajstić information content (AvgIpc) is 2.47. The number of hydrogen-bond acceptors (Lipinski definition) is 4. The molecule has 0 radical (unpaired) electrons. The fraction of sp³-hybridized carbons (Fsp3) is 0.538. The summed E-state index contributed by atoms with van der Waals surface area (Å²) in [6.07, 6.45) is 1.47. The monoisotopic (exact) mass is 262 g/mol. The van der Waals surface area contributed by atoms with Crippen molar-refractivity contribution >= 4 is 18.5 Å². The molecule has 1 saturated heterocycles. The van der Waals surface area contributed by atoms with E-state index < -0.39 is 24.2 Å². The summed E-state index contributed by atoms with van der Waals surface area (Å²) in [5.41, 5.74) is 6.23. The molecule has 2 heterocycles. The van der Waals surface area contributed by atoms with Crippen molar-refractivity contribution in [3.05, 3.63) is 23.5 Å². The number of hydrogen-bond donors (Lipinski definition) is 1. The van der Waals surface area contributed by atoms with Crippen LogP contribution in [-0.2, 0) is 9.31 Å². The minimum atomic E-state index is -0.603. The van der Waals surface area contributed by atoms with E-state index in [9.17, 15) is 4.79 Å². The second kappa shape index (κ2) is 4.32. The average molecular weight is 262 g/mol. The molecule has 0 atom stereocenters. The highest BCUT2D eigenvalue weighted by molar-refractivity contribution is 6.63. The predicted molar refractivity (Wildman–Crippen MR) is 73.2 cm³/mol. The van der Waals surface area contributed by atoms with Crippen molar-refractivity contribution in [2.45, 2.75) is 45.8 Å². The van der Waals surface area contributed by atoms with Gasteiger partial charge in [0.05, 0.1) is 16.8 Å². The third-order valence-electron chi connectivity index (χ3n) is 3.85. The summed E-state index contributed by atoms with van der Waals surface area (Å²) in [5.74, 6) is -0.530. The Hall–Kier alpha value is -1.40. The van der Waals surface area contributed by atoms with Gasteiger partial charge in [-0.3, -0.25) is 9.78 Å². The van der Waals surface area contributed by atoms with Crippen LogP contribution in [0.25, 0.3) is 0 Å². The van der Waals surface area contributed by atoms with E-state index in [2.05, 4.69) is 4.98 Å². The molecule has 0 unspecified atom stereocenters. The molecule has 1 aromatic rings. The van der Waals surface area contributed by atoms with Crippen LogP contribution in [0.2, 0.25) is 0 Å². The van der Waals surface area contributed by atoms with E-state index in [-0.39, 0.29) is 0 Å². The third-order valence-corrected chi connectivity index (χ3v) is 3.85. The lowest BCUT2D eigenvalue weighted by Gasteiger charge is -2.32. The van der Waals surface area contributed by atoms with Crippen molar-refractivity contribution in [2.24, 2.45) is 5.73 Å². The molecule has 0 spiro atoms. The van der Waals surface area contributed by atoms with Gasteiger partial charge in [-0.25, -0.2) is 0 Å². The van der Waals surface area contributed by atoms with Crippen molar-refractivity contribution in [2.75, 3.05) is 0 Å². The molecule has 6 heteroatoms. The van der Waals surface area contributed by atoms with Crippen molar-refractivity contribution < 1.29 is 14.1 Å². The first-order valence-corrected chi connectivity index (χ1v) is 6.26. The second-order valence-corrected chi connectivity index (χ2v) is 5.87. The fourth-order valence-corrected chi connectivity index (χ4v) is 1.95. The molecule has 5 nitrogen and oxygen atoms in total. The Bertz CT molecular complexity index is 513. The molecule has 102 valence electrons. The van der Waals surface area contributed by atoms with Crippen LogP contribution in [0.3, 0.4) is 0 Å². The molecule has 2 N–H and O–H groups in total. The molecular formula is C13H19BN2O3. The quantitative estimate of drug-likeness (QED) is 0.799. The van der Waals surface area contributed by atoms with E-state index in [0.717, 1.165) is 5.69 Å². The molecule has 1 amide bonds. The SMILES string of the molecule is Cc1cc(B2OC(C)(C)C(C)(C)O2)c(C(N)=O)cn1. The van der Waals surface area contributed by atoms with Gasteiger partial charge in [-0.15, -0.1) is 0 Å². The lowest BCUT2D eigenvalue weighted by atomic mass is 9.76. The van der Waals surface area contributed by atoms with Crippen molar-refractivity contribution in [3.8, 4) is 0 Å². The van der Waals surface area contributed by atoms with Crippen molar-refractivity contribution in [3.63, 3.8) is 0 Å². The number of carbonyl (C=O) groups is 1. The minimum Gasteiger partial charge on any atom is -0.399 e. The minimum absolute atomic E-state index is 0.337. The number of amides is 1. The van der Waals surface area contributed by atoms with Crippen molar-refractivity contribution in [1.82, 2.24) is 4.98 Å². The van der Waals surface area contributed by atoms with Gasteiger partial charge in [0.15, 0.2) is 0 Å². The Labute approximate surface area is 113 Å². The van der Waals surface area contributed by atoms with E-state index in [4.69, 9.17) is 15.0 Å². The molecule has 1 fully saturated rings. The zero-order valence-electron chi connectivity index (χ0n) is 12.0. The van der Waals surface area contributed by atoms with Crippen LogP contribution in [0, 0.1) is 6.92 Å². The number of aryl methyl sites for hydroxylation is 1. The number of nitrogens with zero attached hydrogens (tertiary/aromatic N) is 1. The number of rotatable bonds is 2. The molecular weight excluding hydrogens is 243 g/mol. The predicted octanol–water partition coefficient (Wildman–Crippen LogP) is 0.788. The summed E-state index contributed by atoms with van der Waals surface area (Å²) < 4.78 is 11.9. The zero-order valence-corrected chi connectivity index (χ0v) is 12.0. The Morgan fingerprint density at radius 3 is 2.26 bits per heavy atom. The van der Waals surface area contributed by atoms with E-state index >= 15 is 0 Å². The largest absolute Gasteiger partial charge is 0.495 e. The first-order chi connectivity index (χ1) is 8.64. The summed E-state index contributed by atoms with van der Waals surface area (Å²) in [6.45, 7) is 9.70. The fourth-order valence-electron chi connectivity index (χ4n) is 1.95. The van der Waals surface area contributed by atoms with E-state index in [1.165, 1.54) is 6.20 Å². The second-order valence-electron chi connectivity index (χ2n) is 5.87. The topological polar surface area (TPSA) is 74.4 Å². The van der Waals surface area contributed by atoms with Crippen LogP contribution >= 0.6 is 0 Å². The van der Waals surface area contributed by atoms with Crippen LogP contribution in [0.5, 0.6) is 0 Å². The number of carbonyl (C=O) groups excluding carboxylic acids is 1. The third kappa shape index (κ3) is 2.38. The van der Waals surface area contributed by atoms with Crippen LogP contribution in [0.1, 0.15) is 43.7 Å². The lowest BCUT2D eigenvalue weighted by molar-refractivity contribution is 0.00578. The highest BCUT2D eigenvalue weighted by Crippen LogP contribution is 2.36. The summed E-state index contributed by atoms with van der Waals surface area (Å²) >= 11 is 0. The van der Waals surface area contributed by atoms with Gasteiger partial charge in [-0.2, -0.15) is 0 Å². The zero-order chi connectivity index (χ0) is 14.4. The van der Waals surface area contributed by atoms with E-state index in [1.807, 2.05) is 34.6 Å². The molecule has 1 aliphatic rings. The Morgan fingerprint density at radius 1 is 1.26 bits per heavy atom. The maximum absolute atomic E-state index is 11.5. The molecule has 0 aromatic carbocycles. The van der Waals surface area contributed by atoms with Crippen molar-refractivity contribution in [1.29, 1.82) is 0 Å². The molecule has 19 heavy (non-hydrogen) atoms. The Kier molecular flexibility index (Phi) is 3.19. The van der Waals surface area contributed by atoms with Gasteiger partial charge in [-0.1, -0.05) is 0 Å².